The molecule has 23 heavy (non-hydrogen) atoms. The smallest absolute Gasteiger partial charge is 0.415 e. The summed E-state index contributed by atoms with van der Waals surface area (Å²) in [6, 6.07) is -2.52. The molecule has 14 heteroatoms. The van der Waals surface area contributed by atoms with Crippen molar-refractivity contribution < 1.29 is 39.6 Å². The quantitative estimate of drug-likeness (QED) is 0.785. The number of urea groups is 1. The minimum atomic E-state index is -4.90. The first-order chi connectivity index (χ1) is 10.6. The topological polar surface area (TPSA) is 126 Å². The zero-order valence-electron chi connectivity index (χ0n) is 11.1. The SMILES string of the molecule is O=C1N2C[C@@H](CC[C@H]2c2nnc(C(F)(F)F)o2)N1OS(=O)(=O)O. The summed E-state index contributed by atoms with van der Waals surface area (Å²) in [6.07, 6.45) is -4.43. The third kappa shape index (κ3) is 2.96. The summed E-state index contributed by atoms with van der Waals surface area (Å²) >= 11 is 0. The Morgan fingerprint density at radius 2 is 2.00 bits per heavy atom. The fourth-order valence-corrected chi connectivity index (χ4v) is 2.96. The van der Waals surface area contributed by atoms with Crippen LogP contribution in [0.1, 0.15) is 30.7 Å². The molecule has 2 amide bonds. The summed E-state index contributed by atoms with van der Waals surface area (Å²) < 4.78 is 76.3. The molecule has 1 N–H and O–H groups in total. The van der Waals surface area contributed by atoms with E-state index < -0.39 is 46.5 Å². The van der Waals surface area contributed by atoms with Crippen molar-refractivity contribution in [3.8, 4) is 0 Å². The number of carbonyl (C=O) groups excluding carboxylic acids is 1. The summed E-state index contributed by atoms with van der Waals surface area (Å²) in [5.74, 6) is -1.94. The monoisotopic (exact) mass is 358 g/mol. The molecule has 1 aromatic rings. The van der Waals surface area contributed by atoms with Gasteiger partial charge >= 0.3 is 28.5 Å². The molecule has 128 valence electrons. The Morgan fingerprint density at radius 3 is 2.57 bits per heavy atom. The zero-order chi connectivity index (χ0) is 17.0. The van der Waals surface area contributed by atoms with E-state index in [1.54, 1.807) is 0 Å². The van der Waals surface area contributed by atoms with Crippen LogP contribution in [0.2, 0.25) is 0 Å². The van der Waals surface area contributed by atoms with E-state index in [0.29, 0.717) is 5.06 Å². The largest absolute Gasteiger partial charge is 0.470 e. The van der Waals surface area contributed by atoms with E-state index in [4.69, 9.17) is 4.55 Å². The highest BCUT2D eigenvalue weighted by molar-refractivity contribution is 7.80. The molecule has 3 heterocycles. The van der Waals surface area contributed by atoms with Crippen LogP contribution in [0.15, 0.2) is 4.42 Å². The molecule has 0 unspecified atom stereocenters. The first-order valence-electron chi connectivity index (χ1n) is 6.23. The second kappa shape index (κ2) is 5.04. The fourth-order valence-electron chi connectivity index (χ4n) is 2.57. The molecule has 0 aliphatic carbocycles. The summed E-state index contributed by atoms with van der Waals surface area (Å²) in [5.41, 5.74) is 0. The third-order valence-corrected chi connectivity index (χ3v) is 3.81. The van der Waals surface area contributed by atoms with Crippen molar-refractivity contribution in [3.05, 3.63) is 11.8 Å². The number of halogens is 3. The third-order valence-electron chi connectivity index (χ3n) is 3.47. The van der Waals surface area contributed by atoms with Crippen molar-refractivity contribution in [2.24, 2.45) is 0 Å². The molecule has 2 fully saturated rings. The number of rotatable bonds is 3. The second-order valence-electron chi connectivity index (χ2n) is 4.95. The number of hydroxylamine groups is 2. The number of aromatic nitrogens is 2. The van der Waals surface area contributed by atoms with E-state index in [9.17, 15) is 26.4 Å². The lowest BCUT2D eigenvalue weighted by Gasteiger charge is -2.27. The molecule has 2 bridgehead atoms. The Kier molecular flexibility index (Phi) is 3.49. The number of carbonyl (C=O) groups is 1. The Morgan fingerprint density at radius 1 is 1.30 bits per heavy atom. The average Bonchev–Trinajstić information content (AvgIpc) is 2.99. The number of fused-ring (bicyclic) bond motifs is 2. The number of piperidine rings is 1. The minimum Gasteiger partial charge on any atom is -0.415 e. The fraction of sp³-hybridized carbons (Fsp3) is 0.667. The molecular formula is C9H9F3N4O6S. The molecule has 2 aliphatic heterocycles. The van der Waals surface area contributed by atoms with Crippen LogP contribution in [-0.4, -0.2) is 51.7 Å². The predicted molar refractivity (Wildman–Crippen MR) is 61.6 cm³/mol. The van der Waals surface area contributed by atoms with Gasteiger partial charge in [-0.3, -0.25) is 4.55 Å². The van der Waals surface area contributed by atoms with Gasteiger partial charge in [0.15, 0.2) is 0 Å². The van der Waals surface area contributed by atoms with Gasteiger partial charge in [0.2, 0.25) is 5.89 Å². The maximum Gasteiger partial charge on any atom is 0.470 e. The van der Waals surface area contributed by atoms with Gasteiger partial charge in [0.05, 0.1) is 6.04 Å². The molecule has 0 spiro atoms. The van der Waals surface area contributed by atoms with Crippen LogP contribution in [0.3, 0.4) is 0 Å². The molecule has 2 atom stereocenters. The number of hydrogen-bond acceptors (Lipinski definition) is 7. The van der Waals surface area contributed by atoms with Crippen molar-refractivity contribution in [1.29, 1.82) is 0 Å². The van der Waals surface area contributed by atoms with Gasteiger partial charge in [-0.2, -0.15) is 26.7 Å². The van der Waals surface area contributed by atoms with Gasteiger partial charge in [-0.15, -0.1) is 14.5 Å². The van der Waals surface area contributed by atoms with E-state index in [-0.39, 0.29) is 19.4 Å². The second-order valence-corrected chi connectivity index (χ2v) is 5.96. The molecule has 2 saturated heterocycles. The van der Waals surface area contributed by atoms with Crippen molar-refractivity contribution >= 4 is 16.4 Å². The van der Waals surface area contributed by atoms with E-state index >= 15 is 0 Å². The first-order valence-corrected chi connectivity index (χ1v) is 7.60. The highest BCUT2D eigenvalue weighted by Gasteiger charge is 2.50. The van der Waals surface area contributed by atoms with Crippen LogP contribution < -0.4 is 0 Å². The Labute approximate surface area is 126 Å². The van der Waals surface area contributed by atoms with Gasteiger partial charge in [0.25, 0.3) is 0 Å². The van der Waals surface area contributed by atoms with E-state index in [0.717, 1.165) is 4.90 Å². The van der Waals surface area contributed by atoms with Crippen LogP contribution in [-0.2, 0) is 20.9 Å². The number of nitrogens with zero attached hydrogens (tertiary/aromatic N) is 4. The lowest BCUT2D eigenvalue weighted by atomic mass is 10.0. The maximum atomic E-state index is 12.5. The normalized spacial score (nSPS) is 25.3. The molecular weight excluding hydrogens is 349 g/mol. The molecule has 2 aliphatic rings. The maximum absolute atomic E-state index is 12.5. The first kappa shape index (κ1) is 15.9. The highest BCUT2D eigenvalue weighted by atomic mass is 32.3. The van der Waals surface area contributed by atoms with Crippen LogP contribution in [0.25, 0.3) is 0 Å². The van der Waals surface area contributed by atoms with E-state index in [2.05, 4.69) is 18.9 Å². The predicted octanol–water partition coefficient (Wildman–Crippen LogP) is 0.764. The molecule has 1 aromatic heterocycles. The summed E-state index contributed by atoms with van der Waals surface area (Å²) in [6.45, 7) is -0.0112. The molecule has 0 saturated carbocycles. The molecule has 3 rings (SSSR count). The lowest BCUT2D eigenvalue weighted by molar-refractivity contribution is -0.157. The van der Waals surface area contributed by atoms with Crippen molar-refractivity contribution in [2.45, 2.75) is 31.1 Å². The lowest BCUT2D eigenvalue weighted by Crippen LogP contribution is -2.35. The van der Waals surface area contributed by atoms with Crippen molar-refractivity contribution in [1.82, 2.24) is 20.2 Å². The van der Waals surface area contributed by atoms with E-state index in [1.165, 1.54) is 0 Å². The van der Waals surface area contributed by atoms with Gasteiger partial charge < -0.3 is 9.32 Å². The van der Waals surface area contributed by atoms with E-state index in [1.807, 2.05) is 0 Å². The zero-order valence-corrected chi connectivity index (χ0v) is 11.9. The van der Waals surface area contributed by atoms with Gasteiger partial charge in [-0.25, -0.2) is 4.79 Å². The highest BCUT2D eigenvalue weighted by Crippen LogP contribution is 2.39. The number of hydrogen-bond donors (Lipinski definition) is 1. The molecule has 0 aromatic carbocycles. The summed E-state index contributed by atoms with van der Waals surface area (Å²) in [7, 11) is -4.90. The van der Waals surface area contributed by atoms with Gasteiger partial charge in [0.1, 0.15) is 6.04 Å². The van der Waals surface area contributed by atoms with Gasteiger partial charge in [-0.1, -0.05) is 0 Å². The summed E-state index contributed by atoms with van der Waals surface area (Å²) in [4.78, 5) is 13.1. The van der Waals surface area contributed by atoms with Crippen LogP contribution >= 0.6 is 0 Å². The van der Waals surface area contributed by atoms with Crippen molar-refractivity contribution in [2.75, 3.05) is 6.54 Å². The minimum absolute atomic E-state index is 0.0112. The average molecular weight is 358 g/mol. The van der Waals surface area contributed by atoms with Gasteiger partial charge in [0, 0.05) is 6.54 Å². The Balaban J connectivity index is 1.83. The van der Waals surface area contributed by atoms with Gasteiger partial charge in [-0.05, 0) is 12.8 Å². The number of alkyl halides is 3. The van der Waals surface area contributed by atoms with Crippen molar-refractivity contribution in [3.63, 3.8) is 0 Å². The Bertz CT molecular complexity index is 734. The van der Waals surface area contributed by atoms with Crippen LogP contribution in [0.4, 0.5) is 18.0 Å². The number of amides is 2. The molecule has 10 nitrogen and oxygen atoms in total. The standard InChI is InChI=1S/C9H9F3N4O6S/c10-9(11,12)7-14-13-6(21-7)5-2-1-4-3-15(5)8(17)16(4)22-23(18,19)20/h4-5H,1-3H2,(H,18,19,20)/t4-,5+/m1/s1. The van der Waals surface area contributed by atoms with Crippen LogP contribution in [0, 0.1) is 0 Å². The Hall–Kier alpha value is -1.93. The van der Waals surface area contributed by atoms with Crippen LogP contribution in [0.5, 0.6) is 0 Å². The molecule has 0 radical (unpaired) electrons. The summed E-state index contributed by atoms with van der Waals surface area (Å²) in [5, 5.41) is 6.66.